The summed E-state index contributed by atoms with van der Waals surface area (Å²) in [6.45, 7) is 5.99. The highest BCUT2D eigenvalue weighted by atomic mass is 32.2. The first-order valence-electron chi connectivity index (χ1n) is 6.28. The molecule has 0 aliphatic rings. The van der Waals surface area contributed by atoms with Crippen molar-refractivity contribution in [3.8, 4) is 0 Å². The van der Waals surface area contributed by atoms with E-state index >= 15 is 0 Å². The van der Waals surface area contributed by atoms with Gasteiger partial charge in [0.05, 0.1) is 4.90 Å². The van der Waals surface area contributed by atoms with Gasteiger partial charge < -0.3 is 5.32 Å². The molecule has 1 atom stereocenters. The van der Waals surface area contributed by atoms with Crippen molar-refractivity contribution < 1.29 is 8.42 Å². The Labute approximate surface area is 110 Å². The summed E-state index contributed by atoms with van der Waals surface area (Å²) in [5, 5.41) is 8.54. The normalized spacial score (nSPS) is 13.3. The fourth-order valence-corrected chi connectivity index (χ4v) is 2.77. The summed E-state index contributed by atoms with van der Waals surface area (Å²) >= 11 is 0. The highest BCUT2D eigenvalue weighted by molar-refractivity contribution is 7.89. The first-order valence-corrected chi connectivity index (χ1v) is 7.83. The van der Waals surface area contributed by atoms with Crippen molar-refractivity contribution >= 4 is 15.7 Å². The van der Waals surface area contributed by atoms with Crippen LogP contribution in [0.25, 0.3) is 0 Å². The first-order chi connectivity index (χ1) is 8.38. The van der Waals surface area contributed by atoms with E-state index < -0.39 is 10.0 Å². The molecular formula is C13H22N2O2S. The molecule has 0 aromatic heterocycles. The van der Waals surface area contributed by atoms with Crippen molar-refractivity contribution in [3.05, 3.63) is 23.8 Å². The lowest BCUT2D eigenvalue weighted by atomic mass is 10.1. The largest absolute Gasteiger partial charge is 0.382 e. The lowest BCUT2D eigenvalue weighted by Gasteiger charge is -2.18. The third-order valence-electron chi connectivity index (χ3n) is 3.00. The van der Waals surface area contributed by atoms with Crippen LogP contribution in [0.4, 0.5) is 5.69 Å². The highest BCUT2D eigenvalue weighted by Gasteiger charge is 2.13. The minimum Gasteiger partial charge on any atom is -0.382 e. The van der Waals surface area contributed by atoms with Crippen molar-refractivity contribution in [2.24, 2.45) is 5.14 Å². The number of hydrogen-bond acceptors (Lipinski definition) is 3. The maximum absolute atomic E-state index is 11.4. The van der Waals surface area contributed by atoms with Gasteiger partial charge in [-0.25, -0.2) is 13.6 Å². The van der Waals surface area contributed by atoms with Crippen molar-refractivity contribution in [3.63, 3.8) is 0 Å². The fourth-order valence-electron chi connectivity index (χ4n) is 1.96. The summed E-state index contributed by atoms with van der Waals surface area (Å²) in [6.07, 6.45) is 3.17. The predicted octanol–water partition coefficient (Wildman–Crippen LogP) is 2.63. The van der Waals surface area contributed by atoms with Gasteiger partial charge >= 0.3 is 0 Å². The molecule has 0 spiro atoms. The first kappa shape index (κ1) is 15.0. The Bertz CT molecular complexity index is 498. The van der Waals surface area contributed by atoms with E-state index in [1.807, 2.05) is 6.07 Å². The molecular weight excluding hydrogens is 248 g/mol. The van der Waals surface area contributed by atoms with E-state index in [-0.39, 0.29) is 4.90 Å². The Morgan fingerprint density at radius 2 is 2.00 bits per heavy atom. The Hall–Kier alpha value is -1.07. The van der Waals surface area contributed by atoms with Gasteiger partial charge in [0, 0.05) is 11.7 Å². The molecule has 0 aliphatic heterocycles. The van der Waals surface area contributed by atoms with E-state index in [9.17, 15) is 8.42 Å². The second-order valence-electron chi connectivity index (χ2n) is 4.56. The molecule has 0 amide bonds. The van der Waals surface area contributed by atoms with Crippen LogP contribution in [0.15, 0.2) is 23.1 Å². The molecule has 1 rings (SSSR count). The number of sulfonamides is 1. The maximum Gasteiger partial charge on any atom is 0.238 e. The van der Waals surface area contributed by atoms with E-state index in [4.69, 9.17) is 5.14 Å². The van der Waals surface area contributed by atoms with Gasteiger partial charge in [-0.2, -0.15) is 0 Å². The minimum atomic E-state index is -3.65. The molecule has 3 N–H and O–H groups in total. The zero-order valence-electron chi connectivity index (χ0n) is 11.2. The number of nitrogens with two attached hydrogens (primary N) is 1. The standard InChI is InChI=1S/C13H22N2O2S/c1-4-6-11(5-2)15-12-8-7-10(3)13(9-12)18(14,16)17/h7-9,11,15H,4-6H2,1-3H3,(H2,14,16,17). The number of rotatable bonds is 6. The van der Waals surface area contributed by atoms with Crippen LogP contribution in [0.5, 0.6) is 0 Å². The number of primary sulfonamides is 1. The summed E-state index contributed by atoms with van der Waals surface area (Å²) < 4.78 is 22.9. The van der Waals surface area contributed by atoms with Crippen LogP contribution in [0.3, 0.4) is 0 Å². The number of hydrogen-bond donors (Lipinski definition) is 2. The Morgan fingerprint density at radius 3 is 2.50 bits per heavy atom. The monoisotopic (exact) mass is 270 g/mol. The van der Waals surface area contributed by atoms with E-state index in [1.54, 1.807) is 19.1 Å². The molecule has 0 fully saturated rings. The predicted molar refractivity (Wildman–Crippen MR) is 75.2 cm³/mol. The number of aryl methyl sites for hydroxylation is 1. The highest BCUT2D eigenvalue weighted by Crippen LogP contribution is 2.20. The van der Waals surface area contributed by atoms with E-state index in [0.29, 0.717) is 11.6 Å². The van der Waals surface area contributed by atoms with Gasteiger partial charge in [0.1, 0.15) is 0 Å². The van der Waals surface area contributed by atoms with Crippen LogP contribution in [0.2, 0.25) is 0 Å². The second-order valence-corrected chi connectivity index (χ2v) is 6.09. The Morgan fingerprint density at radius 1 is 1.33 bits per heavy atom. The molecule has 0 aliphatic carbocycles. The van der Waals surface area contributed by atoms with Gasteiger partial charge in [0.15, 0.2) is 0 Å². The lowest BCUT2D eigenvalue weighted by Crippen LogP contribution is -2.19. The smallest absolute Gasteiger partial charge is 0.238 e. The molecule has 5 heteroatoms. The van der Waals surface area contributed by atoms with E-state index in [0.717, 1.165) is 24.9 Å². The third-order valence-corrected chi connectivity index (χ3v) is 4.05. The van der Waals surface area contributed by atoms with Crippen molar-refractivity contribution in [2.75, 3.05) is 5.32 Å². The Balaban J connectivity index is 2.98. The molecule has 18 heavy (non-hydrogen) atoms. The number of anilines is 1. The van der Waals surface area contributed by atoms with Crippen LogP contribution < -0.4 is 10.5 Å². The molecule has 0 bridgehead atoms. The van der Waals surface area contributed by atoms with Gasteiger partial charge in [0.2, 0.25) is 10.0 Å². The molecule has 4 nitrogen and oxygen atoms in total. The minimum absolute atomic E-state index is 0.193. The van der Waals surface area contributed by atoms with Gasteiger partial charge in [-0.05, 0) is 37.5 Å². The van der Waals surface area contributed by atoms with Crippen LogP contribution in [-0.2, 0) is 10.0 Å². The summed E-state index contributed by atoms with van der Waals surface area (Å²) in [6, 6.07) is 5.65. The molecule has 0 saturated carbocycles. The average Bonchev–Trinajstić information content (AvgIpc) is 2.29. The van der Waals surface area contributed by atoms with Gasteiger partial charge in [-0.3, -0.25) is 0 Å². The van der Waals surface area contributed by atoms with Crippen molar-refractivity contribution in [2.45, 2.75) is 51.0 Å². The maximum atomic E-state index is 11.4. The molecule has 0 radical (unpaired) electrons. The zero-order valence-corrected chi connectivity index (χ0v) is 12.0. The van der Waals surface area contributed by atoms with Gasteiger partial charge in [-0.15, -0.1) is 0 Å². The molecule has 1 aromatic rings. The summed E-state index contributed by atoms with van der Waals surface area (Å²) in [7, 11) is -3.65. The number of benzene rings is 1. The third kappa shape index (κ3) is 3.99. The van der Waals surface area contributed by atoms with Crippen LogP contribution in [-0.4, -0.2) is 14.5 Å². The molecule has 0 saturated heterocycles. The zero-order chi connectivity index (χ0) is 13.8. The van der Waals surface area contributed by atoms with E-state index in [2.05, 4.69) is 19.2 Å². The van der Waals surface area contributed by atoms with Crippen LogP contribution in [0.1, 0.15) is 38.7 Å². The quantitative estimate of drug-likeness (QED) is 0.834. The van der Waals surface area contributed by atoms with Crippen molar-refractivity contribution in [1.82, 2.24) is 0 Å². The van der Waals surface area contributed by atoms with Crippen LogP contribution in [0, 0.1) is 6.92 Å². The summed E-state index contributed by atoms with van der Waals surface area (Å²) in [5.74, 6) is 0. The topological polar surface area (TPSA) is 72.2 Å². The van der Waals surface area contributed by atoms with Gasteiger partial charge in [0.25, 0.3) is 0 Å². The van der Waals surface area contributed by atoms with Gasteiger partial charge in [-0.1, -0.05) is 26.3 Å². The molecule has 1 aromatic carbocycles. The SMILES string of the molecule is CCCC(CC)Nc1ccc(C)c(S(N)(=O)=O)c1. The number of nitrogens with one attached hydrogen (secondary N) is 1. The molecule has 1 unspecified atom stereocenters. The summed E-state index contributed by atoms with van der Waals surface area (Å²) in [5.41, 5.74) is 1.48. The summed E-state index contributed by atoms with van der Waals surface area (Å²) in [4.78, 5) is 0.193. The fraction of sp³-hybridized carbons (Fsp3) is 0.538. The average molecular weight is 270 g/mol. The second kappa shape index (κ2) is 6.20. The van der Waals surface area contributed by atoms with Crippen molar-refractivity contribution in [1.29, 1.82) is 0 Å². The lowest BCUT2D eigenvalue weighted by molar-refractivity contribution is 0.597. The molecule has 102 valence electrons. The van der Waals surface area contributed by atoms with Crippen LogP contribution >= 0.6 is 0 Å². The van der Waals surface area contributed by atoms with E-state index in [1.165, 1.54) is 0 Å². The Kier molecular flexibility index (Phi) is 5.16. The molecule has 0 heterocycles.